The Labute approximate surface area is 740 Å². The van der Waals surface area contributed by atoms with Gasteiger partial charge in [0.15, 0.2) is 11.6 Å². The molecule has 22 rings (SSSR count). The number of likely N-dealkylation sites (tertiary alicyclic amines) is 4. The smallest absolute Gasteiger partial charge is 0.306 e. The standard InChI is InChI=1S/C27H37NO5.C25H35NO4.C25H33NO4.C23H31NO3.4CH4/c1-3-31-24(29)14-21-15-26(30)23-13-20-7-4-18(2)12-22(20)25(26,17-27(21)32-10-11-33-27)8-9-28(23)16-19-5-6-19;1-17-2-5-19-13-22-24(28)14-20(6-9-27)25(29-10-11-30-25)16-23(24,21(19)12-17)7-8-26(22)15-18-3-4-18;1-3-30-23(28)12-19-13-25(29)22-11-18-7-4-16(2)10-20(18)24(25,14-21(19)27)8-9-26(22)15-17-5-6-17;1-15-2-5-17-11-21-23(27)12-18(6-9-25)20(26)13-22(23,19(17)10-15)7-8-24(21)14-16-3-4-16;;;;/h4,7,12,19,21,23,30H,3,5-6,8-11,13-17H2,1-2H3;2,5,12,18,20,22,27-28H,3-4,6-11,13-16H2,1H3;4,7,10,17,19,22,29H,3,5-6,8-9,11-15H2,1-2H3;2,5,10,16,18,21,25,27H,3-4,6-9,11-14H2,1H3;4*1H4/t21-,23+,25+,26+;20-,22+,23+,24+;19-,22+,24+,25+;18-,21+,22+,23+;;;;/m0000..../s1. The number of esters is 2. The zero-order valence-corrected chi connectivity index (χ0v) is 72.5. The maximum atomic E-state index is 13.3. The van der Waals surface area contributed by atoms with E-state index < -0.39 is 56.1 Å². The Morgan fingerprint density at radius 2 is 0.702 bits per heavy atom. The molecule has 6 heterocycles. The normalized spacial score (nSPS) is 36.4. The minimum Gasteiger partial charge on any atom is -0.466 e. The third kappa shape index (κ3) is 15.7. The molecule has 4 aromatic rings. The second-order valence-corrected chi connectivity index (χ2v) is 41.6. The molecule has 684 valence electrons. The van der Waals surface area contributed by atoms with E-state index in [0.29, 0.717) is 104 Å². The molecule has 14 fully saturated rings. The highest BCUT2D eigenvalue weighted by molar-refractivity contribution is 5.88. The van der Waals surface area contributed by atoms with Crippen LogP contribution in [-0.2, 0) is 94.9 Å². The van der Waals surface area contributed by atoms with Crippen LogP contribution in [0.15, 0.2) is 72.8 Å². The van der Waals surface area contributed by atoms with Crippen LogP contribution in [-0.4, -0.2) is 237 Å². The molecule has 6 saturated heterocycles. The number of hydrogen-bond acceptors (Lipinski definition) is 20. The van der Waals surface area contributed by atoms with Crippen molar-refractivity contribution in [2.24, 2.45) is 47.3 Å². The number of fused-ring (bicyclic) bond motifs is 4. The first kappa shape index (κ1) is 93.3. The van der Waals surface area contributed by atoms with Crippen molar-refractivity contribution in [1.82, 2.24) is 19.6 Å². The second kappa shape index (κ2) is 35.4. The summed E-state index contributed by atoms with van der Waals surface area (Å²) in [6.07, 6.45) is 22.9. The fourth-order valence-electron chi connectivity index (χ4n) is 28.0. The summed E-state index contributed by atoms with van der Waals surface area (Å²) < 4.78 is 35.8. The molecular formula is C104H152N4O16. The van der Waals surface area contributed by atoms with Crippen LogP contribution in [0.1, 0.15) is 264 Å². The van der Waals surface area contributed by atoms with E-state index in [9.17, 15) is 49.8 Å². The van der Waals surface area contributed by atoms with Crippen LogP contribution in [0.4, 0.5) is 0 Å². The van der Waals surface area contributed by atoms with E-state index in [4.69, 9.17) is 28.4 Å². The molecule has 0 amide bonds. The van der Waals surface area contributed by atoms with Gasteiger partial charge in [-0.2, -0.15) is 0 Å². The molecule has 16 atom stereocenters. The number of carbonyl (C=O) groups excluding carboxylic acids is 4. The van der Waals surface area contributed by atoms with Gasteiger partial charge in [-0.15, -0.1) is 0 Å². The van der Waals surface area contributed by atoms with Crippen LogP contribution in [0, 0.1) is 75.0 Å². The number of aliphatic hydroxyl groups excluding tert-OH is 2. The summed E-state index contributed by atoms with van der Waals surface area (Å²) in [4.78, 5) is 61.2. The Morgan fingerprint density at radius 1 is 0.403 bits per heavy atom. The number of Topliss-reactive ketones (excluding diaryl/α,β-unsaturated/α-hetero) is 2. The highest BCUT2D eigenvalue weighted by Crippen LogP contribution is 2.68. The van der Waals surface area contributed by atoms with Gasteiger partial charge in [-0.1, -0.05) is 125 Å². The second-order valence-electron chi connectivity index (χ2n) is 41.6. The van der Waals surface area contributed by atoms with E-state index in [0.717, 1.165) is 127 Å². The van der Waals surface area contributed by atoms with Crippen molar-refractivity contribution < 1.29 is 78.2 Å². The van der Waals surface area contributed by atoms with E-state index in [1.807, 2.05) is 6.92 Å². The van der Waals surface area contributed by atoms with Gasteiger partial charge in [-0.05, 0) is 277 Å². The Bertz CT molecular complexity index is 4550. The van der Waals surface area contributed by atoms with Crippen LogP contribution in [0.3, 0.4) is 0 Å². The molecule has 12 aliphatic carbocycles. The van der Waals surface area contributed by atoms with Gasteiger partial charge in [0.1, 0.15) is 11.6 Å². The molecule has 8 saturated carbocycles. The predicted molar refractivity (Wildman–Crippen MR) is 480 cm³/mol. The summed E-state index contributed by atoms with van der Waals surface area (Å²) in [5.74, 6) is 0.558. The first-order valence-corrected chi connectivity index (χ1v) is 47.1. The summed E-state index contributed by atoms with van der Waals surface area (Å²) in [5.41, 5.74) is 9.91. The van der Waals surface area contributed by atoms with Crippen LogP contribution < -0.4 is 0 Å². The topological polar surface area (TPSA) is 258 Å². The van der Waals surface area contributed by atoms with Gasteiger partial charge in [0, 0.05) is 135 Å². The number of piperidine rings is 4. The molecular weight excluding hydrogens is 1560 g/mol. The van der Waals surface area contributed by atoms with Crippen molar-refractivity contribution in [3.8, 4) is 0 Å². The van der Waals surface area contributed by atoms with E-state index in [1.165, 1.54) is 118 Å². The quantitative estimate of drug-likeness (QED) is 0.0506. The van der Waals surface area contributed by atoms with Gasteiger partial charge in [0.2, 0.25) is 0 Å². The van der Waals surface area contributed by atoms with E-state index in [1.54, 1.807) is 6.92 Å². The molecule has 20 nitrogen and oxygen atoms in total. The molecule has 0 unspecified atom stereocenters. The van der Waals surface area contributed by atoms with E-state index >= 15 is 0 Å². The number of ketones is 2. The largest absolute Gasteiger partial charge is 0.466 e. The number of hydrogen-bond donors (Lipinski definition) is 6. The molecule has 0 aromatic heterocycles. The van der Waals surface area contributed by atoms with Gasteiger partial charge < -0.3 is 59.1 Å². The molecule has 2 spiro atoms. The lowest BCUT2D eigenvalue weighted by Crippen LogP contribution is -2.76. The first-order chi connectivity index (χ1) is 57.7. The minimum atomic E-state index is -0.980. The number of ether oxygens (including phenoxy) is 6. The van der Waals surface area contributed by atoms with Gasteiger partial charge in [0.05, 0.1) is 74.9 Å². The molecule has 8 bridgehead atoms. The maximum Gasteiger partial charge on any atom is 0.306 e. The third-order valence-corrected chi connectivity index (χ3v) is 34.5. The van der Waals surface area contributed by atoms with Crippen molar-refractivity contribution in [1.29, 1.82) is 0 Å². The SMILES string of the molecule is C.C.C.C.CCOC(=O)C[C@H]1C[C@@]2(O)[C@H]3Cc4ccc(C)cc4[C@@]2(CCN3CC2CC2)CC12OCCO2.CCOC(=O)C[C@H]1C[C@@]2(O)[C@H]3Cc4ccc(C)cc4[C@@]2(CCN3CC2CC2)CC1=O.Cc1ccc2c(c1)[C@]13CCN(CC4CC4)[C@H](C2)[C@]1(O)C[C@H](CCO)C(=O)C3.Cc1ccc2c(c1)[C@]13CCN(CC4CC4)[C@H](C2)[C@]1(O)C[C@H](CCO)C1(C3)OCCO1. The van der Waals surface area contributed by atoms with Crippen molar-refractivity contribution in [2.75, 3.05) is 105 Å². The van der Waals surface area contributed by atoms with Crippen molar-refractivity contribution in [3.05, 3.63) is 140 Å². The molecule has 124 heavy (non-hydrogen) atoms. The van der Waals surface area contributed by atoms with Crippen LogP contribution in [0.2, 0.25) is 0 Å². The van der Waals surface area contributed by atoms with Crippen molar-refractivity contribution in [2.45, 2.75) is 331 Å². The zero-order valence-electron chi connectivity index (χ0n) is 72.5. The van der Waals surface area contributed by atoms with Gasteiger partial charge in [0.25, 0.3) is 0 Å². The van der Waals surface area contributed by atoms with Crippen LogP contribution >= 0.6 is 0 Å². The lowest BCUT2D eigenvalue weighted by molar-refractivity contribution is -0.288. The highest BCUT2D eigenvalue weighted by Gasteiger charge is 2.74. The molecule has 0 radical (unpaired) electrons. The Balaban J connectivity index is 0.000000127. The number of benzene rings is 4. The average Bonchev–Trinajstić information content (AvgIpc) is 1.52. The molecule has 6 aliphatic heterocycles. The Morgan fingerprint density at radius 3 is 1.04 bits per heavy atom. The zero-order chi connectivity index (χ0) is 83.3. The van der Waals surface area contributed by atoms with Crippen LogP contribution in [0.5, 0.6) is 0 Å². The van der Waals surface area contributed by atoms with E-state index in [-0.39, 0.29) is 127 Å². The lowest BCUT2D eigenvalue weighted by atomic mass is 9.46. The Kier molecular flexibility index (Phi) is 26.6. The van der Waals surface area contributed by atoms with Crippen LogP contribution in [0.25, 0.3) is 0 Å². The molecule has 20 heteroatoms. The highest BCUT2D eigenvalue weighted by atomic mass is 16.7. The number of carbonyl (C=O) groups is 4. The number of rotatable bonds is 18. The van der Waals surface area contributed by atoms with E-state index in [2.05, 4.69) is 120 Å². The fraction of sp³-hybridized carbons (Fsp3) is 0.731. The average molecular weight is 1710 g/mol. The first-order valence-electron chi connectivity index (χ1n) is 47.1. The minimum absolute atomic E-state index is 0. The molecule has 6 N–H and O–H groups in total. The number of aliphatic hydroxyl groups is 6. The monoisotopic (exact) mass is 1710 g/mol. The van der Waals surface area contributed by atoms with Crippen molar-refractivity contribution >= 4 is 23.5 Å². The summed E-state index contributed by atoms with van der Waals surface area (Å²) in [7, 11) is 0. The maximum absolute atomic E-state index is 13.3. The van der Waals surface area contributed by atoms with Gasteiger partial charge in [-0.3, -0.25) is 38.8 Å². The summed E-state index contributed by atoms with van der Waals surface area (Å²) in [5, 5.41) is 69.3. The third-order valence-electron chi connectivity index (χ3n) is 34.5. The molecule has 4 aromatic carbocycles. The van der Waals surface area contributed by atoms with Gasteiger partial charge in [-0.25, -0.2) is 0 Å². The number of aryl methyl sites for hydroxylation is 4. The molecule has 18 aliphatic rings. The lowest BCUT2D eigenvalue weighted by Gasteiger charge is -2.67. The van der Waals surface area contributed by atoms with Crippen molar-refractivity contribution in [3.63, 3.8) is 0 Å². The fourth-order valence-corrected chi connectivity index (χ4v) is 28.0. The van der Waals surface area contributed by atoms with Gasteiger partial charge >= 0.3 is 11.9 Å². The number of nitrogens with zero attached hydrogens (tertiary/aromatic N) is 4. The summed E-state index contributed by atoms with van der Waals surface area (Å²) in [6.45, 7) is 23.4. The summed E-state index contributed by atoms with van der Waals surface area (Å²) >= 11 is 0. The summed E-state index contributed by atoms with van der Waals surface area (Å²) in [6, 6.07) is 27.1. The Hall–Kier alpha value is -5.40. The predicted octanol–water partition coefficient (Wildman–Crippen LogP) is 13.5.